The van der Waals surface area contributed by atoms with E-state index in [-0.39, 0.29) is 17.7 Å². The molecule has 1 amide bonds. The third-order valence-electron chi connectivity index (χ3n) is 3.02. The molecule has 1 aromatic heterocycles. The molecular weight excluding hydrogens is 270 g/mol. The number of aromatic nitrogens is 1. The summed E-state index contributed by atoms with van der Waals surface area (Å²) in [5.74, 6) is 5.69. The molecule has 2 rings (SSSR count). The number of nitrogens with zero attached hydrogens (tertiary/aromatic N) is 1. The van der Waals surface area contributed by atoms with Crippen molar-refractivity contribution < 1.29 is 14.1 Å². The molecule has 0 fully saturated rings. The van der Waals surface area contributed by atoms with Crippen molar-refractivity contribution in [1.82, 2.24) is 10.6 Å². The Morgan fingerprint density at radius 3 is 2.57 bits per heavy atom. The van der Waals surface area contributed by atoms with E-state index in [1.165, 1.54) is 11.6 Å². The zero-order valence-corrected chi connectivity index (χ0v) is 12.3. The number of ether oxygens (including phenoxy) is 1. The van der Waals surface area contributed by atoms with Gasteiger partial charge in [-0.3, -0.25) is 10.2 Å². The predicted molar refractivity (Wildman–Crippen MR) is 77.6 cm³/mol. The fraction of sp³-hybridized carbons (Fsp3) is 0.333. The minimum Gasteiger partial charge on any atom is -0.486 e. The van der Waals surface area contributed by atoms with E-state index in [2.05, 4.69) is 25.9 Å². The lowest BCUT2D eigenvalue weighted by atomic mass is 9.87. The van der Waals surface area contributed by atoms with Gasteiger partial charge in [0.25, 0.3) is 5.91 Å². The van der Waals surface area contributed by atoms with E-state index in [1.54, 1.807) is 0 Å². The van der Waals surface area contributed by atoms with Gasteiger partial charge >= 0.3 is 0 Å². The zero-order chi connectivity index (χ0) is 15.5. The number of nitrogen functional groups attached to an aromatic ring is 1. The summed E-state index contributed by atoms with van der Waals surface area (Å²) in [5, 5.41) is 3.60. The van der Waals surface area contributed by atoms with E-state index in [0.29, 0.717) is 5.76 Å². The minimum absolute atomic E-state index is 0.105. The van der Waals surface area contributed by atoms with E-state index >= 15 is 0 Å². The molecule has 1 heterocycles. The van der Waals surface area contributed by atoms with E-state index in [4.69, 9.17) is 15.1 Å². The van der Waals surface area contributed by atoms with E-state index in [0.717, 1.165) is 5.75 Å². The number of nitrogens with two attached hydrogens (primary N) is 1. The van der Waals surface area contributed by atoms with Gasteiger partial charge in [-0.05, 0) is 23.1 Å². The first-order chi connectivity index (χ1) is 9.90. The summed E-state index contributed by atoms with van der Waals surface area (Å²) >= 11 is 0. The summed E-state index contributed by atoms with van der Waals surface area (Å²) in [5.41, 5.74) is 3.45. The summed E-state index contributed by atoms with van der Waals surface area (Å²) in [6.07, 6.45) is 0. The molecule has 2 aromatic rings. The first-order valence-electron chi connectivity index (χ1n) is 6.60. The van der Waals surface area contributed by atoms with Crippen LogP contribution < -0.4 is 16.0 Å². The predicted octanol–water partition coefficient (Wildman–Crippen LogP) is 2.15. The first kappa shape index (κ1) is 15.1. The average molecular weight is 289 g/mol. The van der Waals surface area contributed by atoms with Gasteiger partial charge in [0.2, 0.25) is 0 Å². The SMILES string of the molecule is CC(C)(C)c1ccc(OCc2cc(C(=O)NN)no2)cc1. The molecule has 0 aliphatic carbocycles. The Labute approximate surface area is 123 Å². The number of benzene rings is 1. The van der Waals surface area contributed by atoms with Crippen LogP contribution in [0.5, 0.6) is 5.75 Å². The summed E-state index contributed by atoms with van der Waals surface area (Å²) in [6.45, 7) is 6.66. The molecule has 6 nitrogen and oxygen atoms in total. The number of carbonyl (C=O) groups excluding carboxylic acids is 1. The van der Waals surface area contributed by atoms with Gasteiger partial charge in [0.15, 0.2) is 11.5 Å². The quantitative estimate of drug-likeness (QED) is 0.511. The van der Waals surface area contributed by atoms with Crippen molar-refractivity contribution in [2.45, 2.75) is 32.8 Å². The van der Waals surface area contributed by atoms with Gasteiger partial charge in [-0.25, -0.2) is 5.84 Å². The normalized spacial score (nSPS) is 11.2. The van der Waals surface area contributed by atoms with Crippen molar-refractivity contribution in [3.63, 3.8) is 0 Å². The number of hydrazine groups is 1. The third kappa shape index (κ3) is 3.82. The number of nitrogens with one attached hydrogen (secondary N) is 1. The van der Waals surface area contributed by atoms with Crippen molar-refractivity contribution >= 4 is 5.91 Å². The Hall–Kier alpha value is -2.34. The van der Waals surface area contributed by atoms with Crippen LogP contribution in [0.2, 0.25) is 0 Å². The van der Waals surface area contributed by atoms with Gasteiger partial charge < -0.3 is 9.26 Å². The number of amides is 1. The molecule has 1 aromatic carbocycles. The average Bonchev–Trinajstić information content (AvgIpc) is 2.92. The Morgan fingerprint density at radius 1 is 1.33 bits per heavy atom. The van der Waals surface area contributed by atoms with Gasteiger partial charge in [-0.1, -0.05) is 38.1 Å². The molecule has 0 saturated carbocycles. The van der Waals surface area contributed by atoms with Crippen LogP contribution in [-0.4, -0.2) is 11.1 Å². The van der Waals surface area contributed by atoms with E-state index in [9.17, 15) is 4.79 Å². The molecule has 0 aliphatic heterocycles. The Kier molecular flexibility index (Phi) is 4.28. The van der Waals surface area contributed by atoms with E-state index < -0.39 is 5.91 Å². The maximum Gasteiger partial charge on any atom is 0.287 e. The fourth-order valence-corrected chi connectivity index (χ4v) is 1.77. The molecule has 112 valence electrons. The summed E-state index contributed by atoms with van der Waals surface area (Å²) in [7, 11) is 0. The second kappa shape index (κ2) is 5.97. The smallest absolute Gasteiger partial charge is 0.287 e. The molecule has 0 aliphatic rings. The van der Waals surface area contributed by atoms with Crippen LogP contribution in [0.4, 0.5) is 0 Å². The minimum atomic E-state index is -0.500. The summed E-state index contributed by atoms with van der Waals surface area (Å²) < 4.78 is 10.6. The molecule has 0 atom stereocenters. The molecule has 0 radical (unpaired) electrons. The monoisotopic (exact) mass is 289 g/mol. The topological polar surface area (TPSA) is 90.4 Å². The molecule has 0 spiro atoms. The lowest BCUT2D eigenvalue weighted by molar-refractivity contribution is 0.0944. The molecule has 0 saturated heterocycles. The molecule has 3 N–H and O–H groups in total. The van der Waals surface area contributed by atoms with Crippen LogP contribution in [0.15, 0.2) is 34.9 Å². The van der Waals surface area contributed by atoms with Crippen LogP contribution >= 0.6 is 0 Å². The third-order valence-corrected chi connectivity index (χ3v) is 3.02. The highest BCUT2D eigenvalue weighted by atomic mass is 16.5. The van der Waals surface area contributed by atoms with Gasteiger partial charge in [-0.2, -0.15) is 0 Å². The number of hydrogen-bond acceptors (Lipinski definition) is 5. The van der Waals surface area contributed by atoms with Gasteiger partial charge in [-0.15, -0.1) is 0 Å². The number of rotatable bonds is 4. The molecule has 0 unspecified atom stereocenters. The van der Waals surface area contributed by atoms with Crippen molar-refractivity contribution in [3.05, 3.63) is 47.3 Å². The van der Waals surface area contributed by atoms with Crippen molar-refractivity contribution in [2.75, 3.05) is 0 Å². The zero-order valence-electron chi connectivity index (χ0n) is 12.3. The van der Waals surface area contributed by atoms with Crippen LogP contribution in [0.25, 0.3) is 0 Å². The standard InChI is InChI=1S/C15H19N3O3/c1-15(2,3)10-4-6-11(7-5-10)20-9-12-8-13(18-21-12)14(19)17-16/h4-8H,9,16H2,1-3H3,(H,17,19). The number of carbonyl (C=O) groups is 1. The van der Waals surface area contributed by atoms with Crippen molar-refractivity contribution in [2.24, 2.45) is 5.84 Å². The maximum absolute atomic E-state index is 11.2. The largest absolute Gasteiger partial charge is 0.486 e. The van der Waals surface area contributed by atoms with Crippen molar-refractivity contribution in [1.29, 1.82) is 0 Å². The first-order valence-corrected chi connectivity index (χ1v) is 6.60. The summed E-state index contributed by atoms with van der Waals surface area (Å²) in [6, 6.07) is 9.37. The lowest BCUT2D eigenvalue weighted by Gasteiger charge is -2.19. The van der Waals surface area contributed by atoms with Crippen LogP contribution in [0, 0.1) is 0 Å². The molecule has 0 bridgehead atoms. The second-order valence-electron chi connectivity index (χ2n) is 5.71. The molecule has 21 heavy (non-hydrogen) atoms. The van der Waals surface area contributed by atoms with Gasteiger partial charge in [0.05, 0.1) is 0 Å². The Morgan fingerprint density at radius 2 is 2.00 bits per heavy atom. The van der Waals surface area contributed by atoms with Crippen molar-refractivity contribution in [3.8, 4) is 5.75 Å². The summed E-state index contributed by atoms with van der Waals surface area (Å²) in [4.78, 5) is 11.2. The fourth-order valence-electron chi connectivity index (χ4n) is 1.77. The van der Waals surface area contributed by atoms with Crippen LogP contribution in [0.1, 0.15) is 42.6 Å². The molecule has 6 heteroatoms. The van der Waals surface area contributed by atoms with Gasteiger partial charge in [0.1, 0.15) is 12.4 Å². The van der Waals surface area contributed by atoms with Crippen LogP contribution in [-0.2, 0) is 12.0 Å². The Balaban J connectivity index is 1.97. The van der Waals surface area contributed by atoms with Crippen LogP contribution in [0.3, 0.4) is 0 Å². The van der Waals surface area contributed by atoms with Gasteiger partial charge in [0, 0.05) is 6.07 Å². The second-order valence-corrected chi connectivity index (χ2v) is 5.71. The molecular formula is C15H19N3O3. The highest BCUT2D eigenvalue weighted by Crippen LogP contribution is 2.24. The Bertz CT molecular complexity index is 612. The highest BCUT2D eigenvalue weighted by molar-refractivity contribution is 5.91. The lowest BCUT2D eigenvalue weighted by Crippen LogP contribution is -2.30. The highest BCUT2D eigenvalue weighted by Gasteiger charge is 2.14. The van der Waals surface area contributed by atoms with E-state index in [1.807, 2.05) is 29.7 Å². The maximum atomic E-state index is 11.2. The number of hydrogen-bond donors (Lipinski definition) is 2.